The average Bonchev–Trinajstić information content (AvgIpc) is 2.98. The zero-order valence-corrected chi connectivity index (χ0v) is 14.5. The number of fused-ring (bicyclic) bond motifs is 1. The summed E-state index contributed by atoms with van der Waals surface area (Å²) in [4.78, 5) is 7.28. The molecule has 1 aliphatic carbocycles. The number of pyridine rings is 1. The van der Waals surface area contributed by atoms with Gasteiger partial charge in [-0.15, -0.1) is 12.4 Å². The molecule has 2 heterocycles. The van der Waals surface area contributed by atoms with Gasteiger partial charge in [0.05, 0.1) is 0 Å². The second-order valence-electron chi connectivity index (χ2n) is 5.91. The summed E-state index contributed by atoms with van der Waals surface area (Å²) in [5.41, 5.74) is 6.40. The van der Waals surface area contributed by atoms with Crippen LogP contribution in [0.25, 0.3) is 11.0 Å². The summed E-state index contributed by atoms with van der Waals surface area (Å²) in [5.74, 6) is 0.330. The van der Waals surface area contributed by atoms with Gasteiger partial charge in [0.25, 0.3) is 0 Å². The highest BCUT2D eigenvalue weighted by Crippen LogP contribution is 2.28. The summed E-state index contributed by atoms with van der Waals surface area (Å²) in [6, 6.07) is 3.29. The number of H-pyrrole nitrogens is 1. The monoisotopic (exact) mass is 358 g/mol. The number of aromatic amines is 1. The third-order valence-corrected chi connectivity index (χ3v) is 6.01. The van der Waals surface area contributed by atoms with E-state index < -0.39 is 10.0 Å². The van der Waals surface area contributed by atoms with Crippen molar-refractivity contribution in [3.63, 3.8) is 0 Å². The van der Waals surface area contributed by atoms with Gasteiger partial charge < -0.3 is 10.7 Å². The maximum atomic E-state index is 12.7. The second-order valence-corrected chi connectivity index (χ2v) is 7.60. The molecule has 0 radical (unpaired) electrons. The van der Waals surface area contributed by atoms with Crippen molar-refractivity contribution < 1.29 is 8.42 Å². The molecule has 1 atom stereocenters. The third kappa shape index (κ3) is 3.85. The molecule has 0 aliphatic heterocycles. The summed E-state index contributed by atoms with van der Waals surface area (Å²) < 4.78 is 28.2. The Kier molecular flexibility index (Phi) is 6.02. The first-order valence-electron chi connectivity index (χ1n) is 7.76. The number of hydrogen-bond donors (Lipinski definition) is 3. The Labute approximate surface area is 142 Å². The first-order valence-corrected chi connectivity index (χ1v) is 9.24. The summed E-state index contributed by atoms with van der Waals surface area (Å²) in [6.45, 7) is 0.324. The number of nitrogens with zero attached hydrogens (tertiary/aromatic N) is 1. The second kappa shape index (κ2) is 7.61. The number of rotatable bonds is 5. The van der Waals surface area contributed by atoms with Crippen molar-refractivity contribution in [2.24, 2.45) is 11.7 Å². The molecule has 4 N–H and O–H groups in total. The molecule has 1 fully saturated rings. The highest BCUT2D eigenvalue weighted by Gasteiger charge is 2.28. The van der Waals surface area contributed by atoms with E-state index in [2.05, 4.69) is 14.7 Å². The van der Waals surface area contributed by atoms with Gasteiger partial charge in [-0.1, -0.05) is 19.3 Å². The first kappa shape index (κ1) is 18.2. The number of aromatic nitrogens is 2. The Morgan fingerprint density at radius 2 is 2.09 bits per heavy atom. The quantitative estimate of drug-likeness (QED) is 0.762. The normalized spacial score (nSPS) is 17.8. The van der Waals surface area contributed by atoms with E-state index in [0.717, 1.165) is 25.7 Å². The van der Waals surface area contributed by atoms with Crippen LogP contribution in [0.3, 0.4) is 0 Å². The fraction of sp³-hybridized carbons (Fsp3) is 0.533. The van der Waals surface area contributed by atoms with E-state index in [1.165, 1.54) is 12.6 Å². The van der Waals surface area contributed by atoms with Gasteiger partial charge in [-0.2, -0.15) is 0 Å². The van der Waals surface area contributed by atoms with Crippen LogP contribution in [0.2, 0.25) is 0 Å². The van der Waals surface area contributed by atoms with Gasteiger partial charge >= 0.3 is 0 Å². The summed E-state index contributed by atoms with van der Waals surface area (Å²) in [7, 11) is -3.61. The first-order chi connectivity index (χ1) is 10.6. The smallest absolute Gasteiger partial charge is 0.243 e. The molecule has 0 saturated heterocycles. The van der Waals surface area contributed by atoms with Crippen molar-refractivity contribution in [3.8, 4) is 0 Å². The fourth-order valence-electron chi connectivity index (χ4n) is 3.29. The van der Waals surface area contributed by atoms with Crippen LogP contribution in [-0.2, 0) is 10.0 Å². The standard InChI is InChI=1S/C15H22N4O2S.ClH/c16-9-13(11-5-2-1-3-6-11)19-22(20,21)14-10-18-15-12(14)7-4-8-17-15;/h4,7-8,10-11,13,19H,1-3,5-6,9,16H2,(H,17,18);1H. The molecule has 0 bridgehead atoms. The summed E-state index contributed by atoms with van der Waals surface area (Å²) >= 11 is 0. The van der Waals surface area contributed by atoms with Crippen LogP contribution in [-0.4, -0.2) is 31.0 Å². The largest absolute Gasteiger partial charge is 0.345 e. The lowest BCUT2D eigenvalue weighted by Crippen LogP contribution is -2.45. The third-order valence-electron chi connectivity index (χ3n) is 4.48. The van der Waals surface area contributed by atoms with Gasteiger partial charge in [0.15, 0.2) is 0 Å². The number of nitrogens with two attached hydrogens (primary N) is 1. The van der Waals surface area contributed by atoms with Crippen LogP contribution < -0.4 is 10.5 Å². The minimum atomic E-state index is -3.61. The Morgan fingerprint density at radius 1 is 1.35 bits per heavy atom. The van der Waals surface area contributed by atoms with Crippen molar-refractivity contribution in [3.05, 3.63) is 24.5 Å². The van der Waals surface area contributed by atoms with Gasteiger partial charge in [-0.25, -0.2) is 18.1 Å². The molecular formula is C15H23ClN4O2S. The van der Waals surface area contributed by atoms with E-state index in [4.69, 9.17) is 5.73 Å². The molecule has 1 aliphatic rings. The molecule has 0 aromatic carbocycles. The highest BCUT2D eigenvalue weighted by molar-refractivity contribution is 7.89. The molecular weight excluding hydrogens is 336 g/mol. The maximum absolute atomic E-state index is 12.7. The van der Waals surface area contributed by atoms with Crippen molar-refractivity contribution in [2.75, 3.05) is 6.54 Å². The molecule has 6 nitrogen and oxygen atoms in total. The van der Waals surface area contributed by atoms with Gasteiger partial charge in [-0.05, 0) is 30.9 Å². The Morgan fingerprint density at radius 3 is 2.78 bits per heavy atom. The van der Waals surface area contributed by atoms with Crippen molar-refractivity contribution in [1.29, 1.82) is 0 Å². The molecule has 2 aromatic heterocycles. The number of nitrogens with one attached hydrogen (secondary N) is 2. The van der Waals surface area contributed by atoms with Crippen LogP contribution in [0.4, 0.5) is 0 Å². The van der Waals surface area contributed by atoms with E-state index in [9.17, 15) is 8.42 Å². The Bertz CT molecular complexity index is 741. The topological polar surface area (TPSA) is 101 Å². The lowest BCUT2D eigenvalue weighted by molar-refractivity contribution is 0.294. The molecule has 0 spiro atoms. The Balaban J connectivity index is 0.00000192. The van der Waals surface area contributed by atoms with E-state index in [1.807, 2.05) is 0 Å². The predicted octanol–water partition coefficient (Wildman–Crippen LogP) is 2.17. The van der Waals surface area contributed by atoms with E-state index in [1.54, 1.807) is 18.3 Å². The molecule has 2 aromatic rings. The predicted molar refractivity (Wildman–Crippen MR) is 93.1 cm³/mol. The van der Waals surface area contributed by atoms with Crippen molar-refractivity contribution in [2.45, 2.75) is 43.0 Å². The van der Waals surface area contributed by atoms with E-state index in [0.29, 0.717) is 23.5 Å². The van der Waals surface area contributed by atoms with Gasteiger partial charge in [0.1, 0.15) is 10.5 Å². The van der Waals surface area contributed by atoms with Crippen molar-refractivity contribution in [1.82, 2.24) is 14.7 Å². The molecule has 3 rings (SSSR count). The summed E-state index contributed by atoms with van der Waals surface area (Å²) in [6.07, 6.45) is 8.75. The number of halogens is 1. The maximum Gasteiger partial charge on any atom is 0.243 e. The molecule has 23 heavy (non-hydrogen) atoms. The number of hydrogen-bond acceptors (Lipinski definition) is 4. The zero-order valence-electron chi connectivity index (χ0n) is 12.9. The van der Waals surface area contributed by atoms with Crippen LogP contribution >= 0.6 is 12.4 Å². The van der Waals surface area contributed by atoms with Gasteiger partial charge in [0.2, 0.25) is 10.0 Å². The van der Waals surface area contributed by atoms with E-state index in [-0.39, 0.29) is 23.3 Å². The molecule has 0 amide bonds. The van der Waals surface area contributed by atoms with Crippen molar-refractivity contribution >= 4 is 33.5 Å². The van der Waals surface area contributed by atoms with E-state index >= 15 is 0 Å². The highest BCUT2D eigenvalue weighted by atomic mass is 35.5. The molecule has 8 heteroatoms. The number of sulfonamides is 1. The zero-order chi connectivity index (χ0) is 15.6. The van der Waals surface area contributed by atoms with Crippen LogP contribution in [0, 0.1) is 5.92 Å². The minimum Gasteiger partial charge on any atom is -0.345 e. The minimum absolute atomic E-state index is 0. The lowest BCUT2D eigenvalue weighted by atomic mass is 9.84. The van der Waals surface area contributed by atoms with Crippen LogP contribution in [0.15, 0.2) is 29.4 Å². The SMILES string of the molecule is Cl.NCC(NS(=O)(=O)c1c[nH]c2ncccc12)C1CCCCC1. The Hall–Kier alpha value is -1.15. The molecule has 1 saturated carbocycles. The fourth-order valence-corrected chi connectivity index (χ4v) is 4.77. The van der Waals surface area contributed by atoms with Crippen LogP contribution in [0.5, 0.6) is 0 Å². The van der Waals surface area contributed by atoms with Crippen LogP contribution in [0.1, 0.15) is 32.1 Å². The molecule has 1 unspecified atom stereocenters. The van der Waals surface area contributed by atoms with Gasteiger partial charge in [-0.3, -0.25) is 0 Å². The van der Waals surface area contributed by atoms with Gasteiger partial charge in [0, 0.05) is 30.4 Å². The molecule has 128 valence electrons. The average molecular weight is 359 g/mol. The summed E-state index contributed by atoms with van der Waals surface area (Å²) in [5, 5.41) is 0.606. The lowest BCUT2D eigenvalue weighted by Gasteiger charge is -2.29.